The summed E-state index contributed by atoms with van der Waals surface area (Å²) in [6.45, 7) is 2.09. The Morgan fingerprint density at radius 3 is 2.43 bits per heavy atom. The molecule has 0 unspecified atom stereocenters. The highest BCUT2D eigenvalue weighted by Crippen LogP contribution is 2.36. The van der Waals surface area contributed by atoms with E-state index in [1.807, 2.05) is 4.90 Å². The lowest BCUT2D eigenvalue weighted by Gasteiger charge is -2.41. The Labute approximate surface area is 165 Å². The number of rotatable bonds is 4. The van der Waals surface area contributed by atoms with Crippen molar-refractivity contribution in [2.75, 3.05) is 31.1 Å². The molecule has 2 aliphatic heterocycles. The van der Waals surface area contributed by atoms with E-state index in [1.165, 1.54) is 25.7 Å². The van der Waals surface area contributed by atoms with E-state index in [0.717, 1.165) is 44.1 Å². The van der Waals surface area contributed by atoms with E-state index in [4.69, 9.17) is 4.74 Å². The topological polar surface area (TPSA) is 66.9 Å². The van der Waals surface area contributed by atoms with Crippen LogP contribution in [0.15, 0.2) is 24.3 Å². The molecular formula is C22H28N2O4. The fourth-order valence-corrected chi connectivity index (χ4v) is 4.83. The molecule has 28 heavy (non-hydrogen) atoms. The van der Waals surface area contributed by atoms with Gasteiger partial charge in [-0.3, -0.25) is 9.59 Å². The number of esters is 1. The Hall–Kier alpha value is -2.37. The second kappa shape index (κ2) is 8.33. The maximum atomic E-state index is 12.5. The van der Waals surface area contributed by atoms with Crippen LogP contribution in [0.3, 0.4) is 0 Å². The van der Waals surface area contributed by atoms with Gasteiger partial charge in [0.15, 0.2) is 6.61 Å². The molecule has 2 atom stereocenters. The second-order valence-electron chi connectivity index (χ2n) is 8.20. The molecule has 0 radical (unpaired) electrons. The molecule has 1 aromatic rings. The van der Waals surface area contributed by atoms with E-state index in [1.54, 1.807) is 29.2 Å². The Morgan fingerprint density at radius 1 is 0.964 bits per heavy atom. The van der Waals surface area contributed by atoms with Gasteiger partial charge >= 0.3 is 5.97 Å². The van der Waals surface area contributed by atoms with Crippen LogP contribution in [-0.2, 0) is 14.3 Å². The lowest BCUT2D eigenvalue weighted by atomic mass is 9.75. The van der Waals surface area contributed by atoms with E-state index in [-0.39, 0.29) is 18.4 Å². The zero-order valence-corrected chi connectivity index (χ0v) is 16.3. The standard InChI is InChI=1S/C22H28N2O4/c25-20-6-3-12-24(20)19-9-7-17(8-10-19)22(27)28-15-21(26)23-13-11-16-4-1-2-5-18(16)14-23/h7-10,16,18H,1-6,11-15H2/t16-,18+/m0/s1. The van der Waals surface area contributed by atoms with Crippen LogP contribution in [0, 0.1) is 11.8 Å². The summed E-state index contributed by atoms with van der Waals surface area (Å²) in [6, 6.07) is 6.83. The average Bonchev–Trinajstić information content (AvgIpc) is 3.17. The van der Waals surface area contributed by atoms with Gasteiger partial charge in [-0.2, -0.15) is 0 Å². The van der Waals surface area contributed by atoms with Crippen molar-refractivity contribution in [3.63, 3.8) is 0 Å². The average molecular weight is 384 g/mol. The SMILES string of the molecule is O=C(OCC(=O)N1CC[C@@H]2CCCC[C@@H]2C1)c1ccc(N2CCCC2=O)cc1. The number of anilines is 1. The van der Waals surface area contributed by atoms with Crippen molar-refractivity contribution in [1.82, 2.24) is 4.90 Å². The van der Waals surface area contributed by atoms with Gasteiger partial charge in [-0.05, 0) is 55.4 Å². The van der Waals surface area contributed by atoms with Gasteiger partial charge in [0.25, 0.3) is 5.91 Å². The molecule has 3 fully saturated rings. The molecule has 4 rings (SSSR count). The van der Waals surface area contributed by atoms with E-state index in [2.05, 4.69) is 0 Å². The largest absolute Gasteiger partial charge is 0.452 e. The summed E-state index contributed by atoms with van der Waals surface area (Å²) in [5, 5.41) is 0. The van der Waals surface area contributed by atoms with Crippen LogP contribution in [0.2, 0.25) is 0 Å². The van der Waals surface area contributed by atoms with Crippen molar-refractivity contribution < 1.29 is 19.1 Å². The van der Waals surface area contributed by atoms with Crippen LogP contribution < -0.4 is 4.90 Å². The monoisotopic (exact) mass is 384 g/mol. The van der Waals surface area contributed by atoms with Crippen molar-refractivity contribution in [1.29, 1.82) is 0 Å². The summed E-state index contributed by atoms with van der Waals surface area (Å²) in [6.07, 6.45) is 7.59. The summed E-state index contributed by atoms with van der Waals surface area (Å²) in [4.78, 5) is 40.2. The highest BCUT2D eigenvalue weighted by molar-refractivity contribution is 5.96. The minimum Gasteiger partial charge on any atom is -0.452 e. The van der Waals surface area contributed by atoms with Crippen LogP contribution in [0.1, 0.15) is 55.3 Å². The van der Waals surface area contributed by atoms with Crippen LogP contribution >= 0.6 is 0 Å². The molecule has 2 heterocycles. The molecule has 2 amide bonds. The van der Waals surface area contributed by atoms with Crippen LogP contribution in [0.4, 0.5) is 5.69 Å². The van der Waals surface area contributed by atoms with Gasteiger partial charge in [-0.1, -0.05) is 19.3 Å². The van der Waals surface area contributed by atoms with Gasteiger partial charge < -0.3 is 14.5 Å². The number of carbonyl (C=O) groups excluding carboxylic acids is 3. The maximum absolute atomic E-state index is 12.5. The summed E-state index contributed by atoms with van der Waals surface area (Å²) in [5.41, 5.74) is 1.19. The van der Waals surface area contributed by atoms with Gasteiger partial charge in [0, 0.05) is 31.7 Å². The molecule has 1 aromatic carbocycles. The molecule has 1 aliphatic carbocycles. The van der Waals surface area contributed by atoms with Crippen molar-refractivity contribution in [3.05, 3.63) is 29.8 Å². The van der Waals surface area contributed by atoms with Crippen LogP contribution in [0.25, 0.3) is 0 Å². The third kappa shape index (κ3) is 4.05. The van der Waals surface area contributed by atoms with E-state index < -0.39 is 5.97 Å². The predicted octanol–water partition coefficient (Wildman–Crippen LogP) is 3.01. The molecule has 0 aromatic heterocycles. The van der Waals surface area contributed by atoms with E-state index in [0.29, 0.717) is 17.9 Å². The van der Waals surface area contributed by atoms with Gasteiger partial charge in [0.1, 0.15) is 0 Å². The third-order valence-corrected chi connectivity index (χ3v) is 6.46. The number of hydrogen-bond donors (Lipinski definition) is 0. The lowest BCUT2D eigenvalue weighted by Crippen LogP contribution is -2.46. The molecule has 1 saturated carbocycles. The molecule has 6 heteroatoms. The van der Waals surface area contributed by atoms with Crippen LogP contribution in [0.5, 0.6) is 0 Å². The summed E-state index contributed by atoms with van der Waals surface area (Å²) in [5.74, 6) is 0.892. The normalized spacial score (nSPS) is 24.8. The zero-order valence-electron chi connectivity index (χ0n) is 16.3. The fraction of sp³-hybridized carbons (Fsp3) is 0.591. The molecular weight excluding hydrogens is 356 g/mol. The fourth-order valence-electron chi connectivity index (χ4n) is 4.83. The van der Waals surface area contributed by atoms with Gasteiger partial charge in [0.2, 0.25) is 5.91 Å². The molecule has 6 nitrogen and oxygen atoms in total. The molecule has 0 spiro atoms. The number of amides is 2. The number of fused-ring (bicyclic) bond motifs is 1. The maximum Gasteiger partial charge on any atom is 0.338 e. The Balaban J connectivity index is 1.28. The minimum atomic E-state index is -0.500. The van der Waals surface area contributed by atoms with Gasteiger partial charge in [-0.25, -0.2) is 4.79 Å². The number of likely N-dealkylation sites (tertiary alicyclic amines) is 1. The summed E-state index contributed by atoms with van der Waals surface area (Å²) >= 11 is 0. The number of piperidine rings is 1. The molecule has 0 bridgehead atoms. The van der Waals surface area contributed by atoms with Crippen molar-refractivity contribution in [3.8, 4) is 0 Å². The molecule has 150 valence electrons. The molecule has 2 saturated heterocycles. The van der Waals surface area contributed by atoms with Crippen molar-refractivity contribution >= 4 is 23.5 Å². The molecule has 3 aliphatic rings. The van der Waals surface area contributed by atoms with Gasteiger partial charge in [-0.15, -0.1) is 0 Å². The van der Waals surface area contributed by atoms with E-state index in [9.17, 15) is 14.4 Å². The van der Waals surface area contributed by atoms with Crippen LogP contribution in [-0.4, -0.2) is 48.9 Å². The third-order valence-electron chi connectivity index (χ3n) is 6.46. The summed E-state index contributed by atoms with van der Waals surface area (Å²) in [7, 11) is 0. The zero-order chi connectivity index (χ0) is 19.5. The Kier molecular flexibility index (Phi) is 5.64. The number of hydrogen-bond acceptors (Lipinski definition) is 4. The number of benzene rings is 1. The Morgan fingerprint density at radius 2 is 1.71 bits per heavy atom. The highest BCUT2D eigenvalue weighted by atomic mass is 16.5. The Bertz CT molecular complexity index is 745. The van der Waals surface area contributed by atoms with Crippen molar-refractivity contribution in [2.24, 2.45) is 11.8 Å². The first-order valence-electron chi connectivity index (χ1n) is 10.5. The van der Waals surface area contributed by atoms with Crippen molar-refractivity contribution in [2.45, 2.75) is 44.9 Å². The smallest absolute Gasteiger partial charge is 0.338 e. The lowest BCUT2D eigenvalue weighted by molar-refractivity contribution is -0.137. The molecule has 0 N–H and O–H groups in total. The first-order valence-corrected chi connectivity index (χ1v) is 10.5. The second-order valence-corrected chi connectivity index (χ2v) is 8.20. The highest BCUT2D eigenvalue weighted by Gasteiger charge is 2.33. The van der Waals surface area contributed by atoms with E-state index >= 15 is 0 Å². The summed E-state index contributed by atoms with van der Waals surface area (Å²) < 4.78 is 5.25. The number of ether oxygens (including phenoxy) is 1. The quantitative estimate of drug-likeness (QED) is 0.749. The first kappa shape index (κ1) is 19.0. The number of nitrogens with zero attached hydrogens (tertiary/aromatic N) is 2. The minimum absolute atomic E-state index is 0.100. The number of carbonyl (C=O) groups is 3. The van der Waals surface area contributed by atoms with Gasteiger partial charge in [0.05, 0.1) is 5.56 Å². The first-order chi connectivity index (χ1) is 13.6. The predicted molar refractivity (Wildman–Crippen MR) is 105 cm³/mol.